The molecule has 2 heterocycles. The average Bonchev–Trinajstić information content (AvgIpc) is 3.69. The molecule has 0 bridgehead atoms. The molecule has 3 aromatic rings. The Morgan fingerprint density at radius 1 is 1.11 bits per heavy atom. The summed E-state index contributed by atoms with van der Waals surface area (Å²) >= 11 is 13.9. The number of hydrogen-bond donors (Lipinski definition) is 1. The molecule has 2 fully saturated rings. The molecule has 2 atom stereocenters. The van der Waals surface area contributed by atoms with Gasteiger partial charge in [0.15, 0.2) is 16.9 Å². The molecule has 0 radical (unpaired) electrons. The zero-order valence-electron chi connectivity index (χ0n) is 23.8. The zero-order chi connectivity index (χ0) is 32.3. The Bertz CT molecular complexity index is 1640. The number of thioether (sulfide) groups is 1. The number of carbonyl (C=O) groups excluding carboxylic acids is 1. The van der Waals surface area contributed by atoms with Gasteiger partial charge in [-0.3, -0.25) is 4.98 Å². The van der Waals surface area contributed by atoms with E-state index in [0.29, 0.717) is 35.2 Å². The number of halogens is 4. The van der Waals surface area contributed by atoms with Crippen molar-refractivity contribution in [2.75, 3.05) is 31.7 Å². The molecule has 16 heteroatoms. The number of pyridine rings is 1. The highest BCUT2D eigenvalue weighted by molar-refractivity contribution is 8.02. The molecule has 1 saturated carbocycles. The van der Waals surface area contributed by atoms with Gasteiger partial charge in [0.2, 0.25) is 10.0 Å². The fourth-order valence-electron chi connectivity index (χ4n) is 4.66. The Labute approximate surface area is 273 Å². The van der Waals surface area contributed by atoms with E-state index in [0.717, 1.165) is 28.9 Å². The van der Waals surface area contributed by atoms with Crippen molar-refractivity contribution in [2.24, 2.45) is 5.92 Å². The number of hydrogen-bond acceptors (Lipinski definition) is 10. The number of carbonyl (C=O) groups is 1. The van der Waals surface area contributed by atoms with Gasteiger partial charge >= 0.3 is 12.6 Å². The van der Waals surface area contributed by atoms with E-state index in [1.54, 1.807) is 0 Å². The zero-order valence-corrected chi connectivity index (χ0v) is 27.0. The minimum absolute atomic E-state index is 0.0395. The van der Waals surface area contributed by atoms with Gasteiger partial charge in [-0.2, -0.15) is 13.1 Å². The Kier molecular flexibility index (Phi) is 10.5. The maximum Gasteiger partial charge on any atom is 0.387 e. The standard InChI is InChI=1S/C29H29Cl2F2N3O7S2/c1-40-23-7-5-18(11-22(23)34)45(38,39)36-8-9-44-27(36)28(37)42-25(12-19-20(30)13-35-14-21(19)31)17-4-6-24(43-29(32)33)26(10-17)41-15-16-2-3-16/h4-7,10-11,13-14,16,25,27,29H,2-3,8-9,12,15,34H2,1H3/t25-,27?/m0/s1. The van der Waals surface area contributed by atoms with Crippen LogP contribution in [0.4, 0.5) is 14.5 Å². The summed E-state index contributed by atoms with van der Waals surface area (Å²) < 4.78 is 76.2. The minimum atomic E-state index is -4.17. The number of nitrogen functional groups attached to an aromatic ring is 1. The molecule has 2 N–H and O–H groups in total. The van der Waals surface area contributed by atoms with Gasteiger partial charge in [0, 0.05) is 31.1 Å². The van der Waals surface area contributed by atoms with Gasteiger partial charge in [0.25, 0.3) is 0 Å². The Morgan fingerprint density at radius 3 is 2.47 bits per heavy atom. The van der Waals surface area contributed by atoms with Crippen LogP contribution in [0, 0.1) is 5.92 Å². The fraction of sp³-hybridized carbons (Fsp3) is 0.379. The Balaban J connectivity index is 1.46. The van der Waals surface area contributed by atoms with E-state index in [9.17, 15) is 22.0 Å². The molecule has 2 aromatic carbocycles. The predicted molar refractivity (Wildman–Crippen MR) is 166 cm³/mol. The molecule has 2 aliphatic rings. The Morgan fingerprint density at radius 2 is 1.82 bits per heavy atom. The van der Waals surface area contributed by atoms with Crippen molar-refractivity contribution in [3.8, 4) is 17.2 Å². The lowest BCUT2D eigenvalue weighted by Gasteiger charge is -2.26. The number of nitrogens with two attached hydrogens (primary N) is 1. The van der Waals surface area contributed by atoms with Gasteiger partial charge in [-0.15, -0.1) is 11.8 Å². The number of alkyl halides is 2. The summed E-state index contributed by atoms with van der Waals surface area (Å²) in [6.07, 6.45) is 3.57. The van der Waals surface area contributed by atoms with Crippen molar-refractivity contribution in [3.63, 3.8) is 0 Å². The molecular formula is C29H29Cl2F2N3O7S2. The van der Waals surface area contributed by atoms with Gasteiger partial charge in [-0.05, 0) is 60.2 Å². The maximum atomic E-state index is 13.7. The fourth-order valence-corrected chi connectivity index (χ4v) is 8.26. The number of benzene rings is 2. The van der Waals surface area contributed by atoms with Crippen LogP contribution >= 0.6 is 35.0 Å². The van der Waals surface area contributed by atoms with E-state index < -0.39 is 34.1 Å². The highest BCUT2D eigenvalue weighted by atomic mass is 35.5. The number of anilines is 1. The molecule has 0 spiro atoms. The van der Waals surface area contributed by atoms with Crippen LogP contribution in [0.25, 0.3) is 0 Å². The largest absolute Gasteiger partial charge is 0.495 e. The lowest BCUT2D eigenvalue weighted by Crippen LogP contribution is -2.40. The number of rotatable bonds is 13. The molecule has 1 unspecified atom stereocenters. The lowest BCUT2D eigenvalue weighted by atomic mass is 10.0. The maximum absolute atomic E-state index is 13.7. The van der Waals surface area contributed by atoms with Crippen LogP contribution in [0.1, 0.15) is 30.1 Å². The number of aromatic nitrogens is 1. The summed E-state index contributed by atoms with van der Waals surface area (Å²) in [6, 6.07) is 8.26. The highest BCUT2D eigenvalue weighted by Gasteiger charge is 2.42. The van der Waals surface area contributed by atoms with Gasteiger partial charge < -0.3 is 24.7 Å². The smallest absolute Gasteiger partial charge is 0.387 e. The topological polar surface area (TPSA) is 130 Å². The van der Waals surface area contributed by atoms with Crippen LogP contribution in [0.3, 0.4) is 0 Å². The summed E-state index contributed by atoms with van der Waals surface area (Å²) in [5.74, 6) is -0.0315. The molecule has 0 amide bonds. The number of nitrogens with zero attached hydrogens (tertiary/aromatic N) is 2. The van der Waals surface area contributed by atoms with Crippen molar-refractivity contribution >= 4 is 56.6 Å². The average molecular weight is 705 g/mol. The van der Waals surface area contributed by atoms with E-state index >= 15 is 0 Å². The van der Waals surface area contributed by atoms with Gasteiger partial charge in [-0.25, -0.2) is 13.2 Å². The lowest BCUT2D eigenvalue weighted by molar-refractivity contribution is -0.150. The molecule has 45 heavy (non-hydrogen) atoms. The monoisotopic (exact) mass is 703 g/mol. The van der Waals surface area contributed by atoms with Crippen LogP contribution in [-0.2, 0) is 26.0 Å². The normalized spacial score (nSPS) is 17.7. The predicted octanol–water partition coefficient (Wildman–Crippen LogP) is 5.96. The summed E-state index contributed by atoms with van der Waals surface area (Å²) in [5.41, 5.74) is 6.84. The van der Waals surface area contributed by atoms with Crippen molar-refractivity contribution in [3.05, 3.63) is 70.0 Å². The van der Waals surface area contributed by atoms with Crippen LogP contribution < -0.4 is 19.9 Å². The molecule has 1 aliphatic carbocycles. The SMILES string of the molecule is COc1ccc(S(=O)(=O)N2CCSC2C(=O)O[C@@H](Cc2c(Cl)cncc2Cl)c2ccc(OC(F)F)c(OCC3CC3)c2)cc1N. The molecule has 242 valence electrons. The summed E-state index contributed by atoms with van der Waals surface area (Å²) in [5, 5.41) is -0.804. The molecule has 10 nitrogen and oxygen atoms in total. The third-order valence-electron chi connectivity index (χ3n) is 7.19. The number of sulfonamides is 1. The van der Waals surface area contributed by atoms with Crippen molar-refractivity contribution in [1.29, 1.82) is 0 Å². The summed E-state index contributed by atoms with van der Waals surface area (Å²) in [4.78, 5) is 17.6. The molecule has 5 rings (SSSR count). The first-order valence-electron chi connectivity index (χ1n) is 13.7. The molecule has 1 aromatic heterocycles. The van der Waals surface area contributed by atoms with Gasteiger partial charge in [0.05, 0.1) is 34.3 Å². The second kappa shape index (κ2) is 14.2. The van der Waals surface area contributed by atoms with Crippen LogP contribution in [0.15, 0.2) is 53.7 Å². The van der Waals surface area contributed by atoms with E-state index in [1.165, 1.54) is 55.9 Å². The van der Waals surface area contributed by atoms with E-state index in [4.69, 9.17) is 43.1 Å². The van der Waals surface area contributed by atoms with Crippen molar-refractivity contribution in [1.82, 2.24) is 9.29 Å². The Hall–Kier alpha value is -3.04. The first kappa shape index (κ1) is 33.3. The molecular weight excluding hydrogens is 675 g/mol. The first-order chi connectivity index (χ1) is 21.5. The van der Waals surface area contributed by atoms with Crippen LogP contribution in [-0.4, -0.2) is 61.7 Å². The second-order valence-electron chi connectivity index (χ2n) is 10.3. The molecule has 1 saturated heterocycles. The van der Waals surface area contributed by atoms with Gasteiger partial charge in [-0.1, -0.05) is 29.3 Å². The summed E-state index contributed by atoms with van der Waals surface area (Å²) in [6.45, 7) is -2.74. The van der Waals surface area contributed by atoms with E-state index in [2.05, 4.69) is 9.72 Å². The van der Waals surface area contributed by atoms with Crippen molar-refractivity contribution in [2.45, 2.75) is 42.2 Å². The third-order valence-corrected chi connectivity index (χ3v) is 11.0. The first-order valence-corrected chi connectivity index (χ1v) is 17.0. The number of ether oxygens (including phenoxy) is 4. The van der Waals surface area contributed by atoms with E-state index in [-0.39, 0.29) is 45.1 Å². The molecule has 1 aliphatic heterocycles. The minimum Gasteiger partial charge on any atom is -0.495 e. The van der Waals surface area contributed by atoms with Gasteiger partial charge in [0.1, 0.15) is 11.9 Å². The summed E-state index contributed by atoms with van der Waals surface area (Å²) in [7, 11) is -2.76. The van der Waals surface area contributed by atoms with Crippen LogP contribution in [0.2, 0.25) is 10.0 Å². The van der Waals surface area contributed by atoms with E-state index in [1.807, 2.05) is 0 Å². The quantitative estimate of drug-likeness (QED) is 0.168. The second-order valence-corrected chi connectivity index (χ2v) is 14.2. The van der Waals surface area contributed by atoms with Crippen LogP contribution in [0.5, 0.6) is 17.2 Å². The number of esters is 1. The highest BCUT2D eigenvalue weighted by Crippen LogP contribution is 2.39. The van der Waals surface area contributed by atoms with Crippen molar-refractivity contribution < 1.29 is 40.9 Å². The number of methoxy groups -OCH3 is 1. The third kappa shape index (κ3) is 7.86.